The summed E-state index contributed by atoms with van der Waals surface area (Å²) in [5, 5.41) is 4.92. The third-order valence-electron chi connectivity index (χ3n) is 5.05. The van der Waals surface area contributed by atoms with Crippen molar-refractivity contribution in [2.45, 2.75) is 25.4 Å². The summed E-state index contributed by atoms with van der Waals surface area (Å²) in [5.74, 6) is 2.56. The van der Waals surface area contributed by atoms with Gasteiger partial charge in [-0.3, -0.25) is 0 Å². The highest BCUT2D eigenvalue weighted by Crippen LogP contribution is 2.32. The smallest absolute Gasteiger partial charge is 0.135 e. The lowest BCUT2D eigenvalue weighted by atomic mass is 9.84. The standard InChI is InChI=1S/C18H20Cl2N2O/c19-13-1-3-15(16(20)9-13)18-4-2-14(23-18)10-21-17-11-22-7-5-12(17)6-8-22/h1-4,9,12,17,21H,5-8,10-11H2/t17-/m0/s1. The second-order valence-electron chi connectivity index (χ2n) is 6.52. The van der Waals surface area contributed by atoms with Gasteiger partial charge in [-0.15, -0.1) is 0 Å². The normalized spacial score (nSPS) is 26.6. The third-order valence-corrected chi connectivity index (χ3v) is 5.60. The van der Waals surface area contributed by atoms with Crippen molar-refractivity contribution in [3.05, 3.63) is 46.1 Å². The van der Waals surface area contributed by atoms with E-state index in [4.69, 9.17) is 27.6 Å². The van der Waals surface area contributed by atoms with Crippen LogP contribution in [0.25, 0.3) is 11.3 Å². The van der Waals surface area contributed by atoms with Gasteiger partial charge in [0.2, 0.25) is 0 Å². The number of rotatable bonds is 4. The number of nitrogens with one attached hydrogen (secondary N) is 1. The van der Waals surface area contributed by atoms with E-state index < -0.39 is 0 Å². The Hall–Kier alpha value is -1.00. The summed E-state index contributed by atoms with van der Waals surface area (Å²) < 4.78 is 5.96. The van der Waals surface area contributed by atoms with Crippen LogP contribution in [0.3, 0.4) is 0 Å². The van der Waals surface area contributed by atoms with Gasteiger partial charge in [-0.05, 0) is 62.2 Å². The lowest BCUT2D eigenvalue weighted by Gasteiger charge is -2.45. The Labute approximate surface area is 146 Å². The minimum atomic E-state index is 0.588. The average Bonchev–Trinajstić information content (AvgIpc) is 3.03. The molecule has 0 amide bonds. The van der Waals surface area contributed by atoms with E-state index in [1.54, 1.807) is 6.07 Å². The average molecular weight is 351 g/mol. The van der Waals surface area contributed by atoms with Crippen LogP contribution >= 0.6 is 23.2 Å². The first kappa shape index (κ1) is 15.5. The molecule has 1 N–H and O–H groups in total. The highest BCUT2D eigenvalue weighted by Gasteiger charge is 2.33. The molecule has 1 atom stereocenters. The SMILES string of the molecule is Clc1ccc(-c2ccc(CN[C@H]3CN4CCC3CC4)o2)c(Cl)c1. The Kier molecular flexibility index (Phi) is 4.37. The molecule has 0 radical (unpaired) electrons. The third kappa shape index (κ3) is 3.29. The van der Waals surface area contributed by atoms with Crippen molar-refractivity contribution in [3.63, 3.8) is 0 Å². The molecule has 4 heterocycles. The summed E-state index contributed by atoms with van der Waals surface area (Å²) in [6.07, 6.45) is 2.64. The van der Waals surface area contributed by atoms with Gasteiger partial charge in [0.1, 0.15) is 11.5 Å². The highest BCUT2D eigenvalue weighted by molar-refractivity contribution is 6.36. The summed E-state index contributed by atoms with van der Waals surface area (Å²) in [5.41, 5.74) is 0.880. The Morgan fingerprint density at radius 1 is 1.13 bits per heavy atom. The quantitative estimate of drug-likeness (QED) is 0.883. The fraction of sp³-hybridized carbons (Fsp3) is 0.444. The van der Waals surface area contributed by atoms with E-state index in [1.165, 1.54) is 32.5 Å². The van der Waals surface area contributed by atoms with Crippen LogP contribution in [0.1, 0.15) is 18.6 Å². The lowest BCUT2D eigenvalue weighted by molar-refractivity contribution is 0.0711. The topological polar surface area (TPSA) is 28.4 Å². The maximum atomic E-state index is 6.25. The van der Waals surface area contributed by atoms with E-state index in [0.717, 1.165) is 29.5 Å². The largest absolute Gasteiger partial charge is 0.460 e. The molecule has 0 spiro atoms. The molecular weight excluding hydrogens is 331 g/mol. The first-order valence-electron chi connectivity index (χ1n) is 8.19. The van der Waals surface area contributed by atoms with E-state index in [0.29, 0.717) is 16.1 Å². The number of benzene rings is 1. The van der Waals surface area contributed by atoms with Crippen LogP contribution in [-0.2, 0) is 6.54 Å². The fourth-order valence-corrected chi connectivity index (χ4v) is 4.24. The predicted octanol–water partition coefficient (Wildman–Crippen LogP) is 4.44. The minimum Gasteiger partial charge on any atom is -0.460 e. The minimum absolute atomic E-state index is 0.588. The van der Waals surface area contributed by atoms with Gasteiger partial charge in [0.05, 0.1) is 11.6 Å². The first-order chi connectivity index (χ1) is 11.2. The van der Waals surface area contributed by atoms with Crippen LogP contribution in [0.4, 0.5) is 0 Å². The second-order valence-corrected chi connectivity index (χ2v) is 7.36. The molecule has 0 aliphatic carbocycles. The van der Waals surface area contributed by atoms with Gasteiger partial charge in [-0.25, -0.2) is 0 Å². The number of halogens is 2. The van der Waals surface area contributed by atoms with Crippen molar-refractivity contribution in [3.8, 4) is 11.3 Å². The summed E-state index contributed by atoms with van der Waals surface area (Å²) in [6, 6.07) is 10.1. The van der Waals surface area contributed by atoms with Crippen LogP contribution in [0.2, 0.25) is 10.0 Å². The molecule has 3 saturated heterocycles. The number of hydrogen-bond donors (Lipinski definition) is 1. The van der Waals surface area contributed by atoms with Gasteiger partial charge < -0.3 is 14.6 Å². The van der Waals surface area contributed by atoms with Crippen LogP contribution in [0.5, 0.6) is 0 Å². The molecule has 3 aliphatic rings. The molecule has 1 aromatic carbocycles. The Balaban J connectivity index is 1.42. The summed E-state index contributed by atoms with van der Waals surface area (Å²) in [6.45, 7) is 4.47. The van der Waals surface area contributed by atoms with Gasteiger partial charge >= 0.3 is 0 Å². The van der Waals surface area contributed by atoms with Crippen molar-refractivity contribution in [1.29, 1.82) is 0 Å². The molecule has 1 aromatic heterocycles. The van der Waals surface area contributed by atoms with E-state index >= 15 is 0 Å². The molecule has 3 fully saturated rings. The Morgan fingerprint density at radius 3 is 2.65 bits per heavy atom. The van der Waals surface area contributed by atoms with Crippen LogP contribution in [-0.4, -0.2) is 30.6 Å². The molecule has 122 valence electrons. The molecular formula is C18H20Cl2N2O. The fourth-order valence-electron chi connectivity index (χ4n) is 3.74. The van der Waals surface area contributed by atoms with E-state index in [9.17, 15) is 0 Å². The zero-order valence-corrected chi connectivity index (χ0v) is 14.4. The van der Waals surface area contributed by atoms with Crippen molar-refractivity contribution in [1.82, 2.24) is 10.2 Å². The lowest BCUT2D eigenvalue weighted by Crippen LogP contribution is -2.55. The molecule has 0 unspecified atom stereocenters. The monoisotopic (exact) mass is 350 g/mol. The van der Waals surface area contributed by atoms with Crippen molar-refractivity contribution in [2.24, 2.45) is 5.92 Å². The molecule has 5 rings (SSSR count). The molecule has 2 bridgehead atoms. The molecule has 0 saturated carbocycles. The summed E-state index contributed by atoms with van der Waals surface area (Å²) in [7, 11) is 0. The Morgan fingerprint density at radius 2 is 1.96 bits per heavy atom. The Bertz CT molecular complexity index is 692. The zero-order valence-electron chi connectivity index (χ0n) is 12.9. The number of piperidine rings is 3. The van der Waals surface area contributed by atoms with Crippen molar-refractivity contribution >= 4 is 23.2 Å². The van der Waals surface area contributed by atoms with Crippen LogP contribution < -0.4 is 5.32 Å². The molecule has 3 nitrogen and oxygen atoms in total. The number of nitrogens with zero attached hydrogens (tertiary/aromatic N) is 1. The summed E-state index contributed by atoms with van der Waals surface area (Å²) >= 11 is 12.2. The highest BCUT2D eigenvalue weighted by atomic mass is 35.5. The van der Waals surface area contributed by atoms with E-state index in [1.807, 2.05) is 24.3 Å². The van der Waals surface area contributed by atoms with Crippen LogP contribution in [0.15, 0.2) is 34.7 Å². The van der Waals surface area contributed by atoms with Gasteiger partial charge in [0.25, 0.3) is 0 Å². The molecule has 3 aliphatic heterocycles. The van der Waals surface area contributed by atoms with E-state index in [-0.39, 0.29) is 0 Å². The number of hydrogen-bond acceptors (Lipinski definition) is 3. The molecule has 5 heteroatoms. The van der Waals surface area contributed by atoms with Crippen molar-refractivity contribution in [2.75, 3.05) is 19.6 Å². The zero-order chi connectivity index (χ0) is 15.8. The first-order valence-corrected chi connectivity index (χ1v) is 8.94. The number of fused-ring (bicyclic) bond motifs is 3. The number of furan rings is 1. The van der Waals surface area contributed by atoms with Gasteiger partial charge in [0, 0.05) is 23.2 Å². The van der Waals surface area contributed by atoms with Crippen molar-refractivity contribution < 1.29 is 4.42 Å². The molecule has 23 heavy (non-hydrogen) atoms. The maximum Gasteiger partial charge on any atom is 0.135 e. The molecule has 2 aromatic rings. The second kappa shape index (κ2) is 6.48. The van der Waals surface area contributed by atoms with Gasteiger partial charge in [-0.2, -0.15) is 0 Å². The van der Waals surface area contributed by atoms with Crippen LogP contribution in [0, 0.1) is 5.92 Å². The summed E-state index contributed by atoms with van der Waals surface area (Å²) in [4.78, 5) is 2.55. The predicted molar refractivity (Wildman–Crippen MR) is 94.0 cm³/mol. The van der Waals surface area contributed by atoms with Gasteiger partial charge in [-0.1, -0.05) is 23.2 Å². The van der Waals surface area contributed by atoms with Gasteiger partial charge in [0.15, 0.2) is 0 Å². The van der Waals surface area contributed by atoms with E-state index in [2.05, 4.69) is 10.2 Å². The maximum absolute atomic E-state index is 6.25.